The van der Waals surface area contributed by atoms with Gasteiger partial charge in [-0.3, -0.25) is 0 Å². The first-order valence-corrected chi connectivity index (χ1v) is 10.9. The molecule has 0 radical (unpaired) electrons. The molecule has 2 rings (SSSR count). The summed E-state index contributed by atoms with van der Waals surface area (Å²) in [4.78, 5) is 12.1. The monoisotopic (exact) mass is 462 g/mol. The Balaban J connectivity index is 2.27. The van der Waals surface area contributed by atoms with Crippen molar-refractivity contribution in [2.45, 2.75) is 32.7 Å². The Bertz CT molecular complexity index is 829. The molecule has 0 spiro atoms. The minimum absolute atomic E-state index is 0.139. The molecule has 0 aliphatic heterocycles. The first-order valence-electron chi connectivity index (χ1n) is 9.29. The van der Waals surface area contributed by atoms with Crippen LogP contribution in [0.25, 0.3) is 5.70 Å². The molecule has 2 unspecified atom stereocenters. The third kappa shape index (κ3) is 5.97. The predicted molar refractivity (Wildman–Crippen MR) is 123 cm³/mol. The topological polar surface area (TPSA) is 75.3 Å². The lowest BCUT2D eigenvalue weighted by Crippen LogP contribution is -2.34. The number of nitrogens with one attached hydrogen (secondary N) is 1. The lowest BCUT2D eigenvalue weighted by atomic mass is 9.84. The number of allylic oxidation sites excluding steroid dienone is 1. The van der Waals surface area contributed by atoms with Crippen LogP contribution in [-0.4, -0.2) is 17.1 Å². The second-order valence-electron chi connectivity index (χ2n) is 6.83. The maximum atomic E-state index is 11.1. The summed E-state index contributed by atoms with van der Waals surface area (Å²) in [6.07, 6.45) is 5.95. The fourth-order valence-corrected chi connectivity index (χ4v) is 4.62. The molecule has 0 amide bonds. The van der Waals surface area contributed by atoms with E-state index in [2.05, 4.69) is 47.7 Å². The second kappa shape index (κ2) is 10.5. The molecule has 1 heterocycles. The number of aromatic carboxylic acids is 1. The maximum Gasteiger partial charge on any atom is 0.335 e. The highest BCUT2D eigenvalue weighted by Crippen LogP contribution is 2.30. The Hall–Kier alpha value is -2.05. The van der Waals surface area contributed by atoms with E-state index in [0.29, 0.717) is 5.92 Å². The van der Waals surface area contributed by atoms with Gasteiger partial charge in [-0.2, -0.15) is 0 Å². The smallest absolute Gasteiger partial charge is 0.335 e. The summed E-state index contributed by atoms with van der Waals surface area (Å²) in [6.45, 7) is 8.23. The Morgan fingerprint density at radius 2 is 2.00 bits per heavy atom. The molecule has 0 bridgehead atoms. The molecule has 2 aromatic rings. The van der Waals surface area contributed by atoms with Crippen LogP contribution < -0.4 is 11.1 Å². The molecule has 1 aromatic heterocycles. The highest BCUT2D eigenvalue weighted by molar-refractivity contribution is 9.11. The van der Waals surface area contributed by atoms with Crippen LogP contribution in [-0.2, 0) is 0 Å². The summed E-state index contributed by atoms with van der Waals surface area (Å²) in [6, 6.07) is 11.0. The highest BCUT2D eigenvalue weighted by Gasteiger charge is 2.24. The number of carbonyl (C=O) groups is 1. The van der Waals surface area contributed by atoms with Gasteiger partial charge in [-0.15, -0.1) is 17.9 Å². The third-order valence-electron chi connectivity index (χ3n) is 4.83. The van der Waals surface area contributed by atoms with Gasteiger partial charge in [0.25, 0.3) is 0 Å². The Morgan fingerprint density at radius 3 is 2.50 bits per heavy atom. The van der Waals surface area contributed by atoms with Gasteiger partial charge in [0.2, 0.25) is 0 Å². The first kappa shape index (κ1) is 22.2. The molecule has 3 atom stereocenters. The van der Waals surface area contributed by atoms with Crippen LogP contribution in [0.1, 0.15) is 41.9 Å². The van der Waals surface area contributed by atoms with E-state index in [-0.39, 0.29) is 17.5 Å². The second-order valence-corrected chi connectivity index (χ2v) is 9.29. The van der Waals surface area contributed by atoms with E-state index in [1.807, 2.05) is 30.3 Å². The summed E-state index contributed by atoms with van der Waals surface area (Å²) in [5, 5.41) is 12.7. The van der Waals surface area contributed by atoms with Crippen LogP contribution in [0.2, 0.25) is 0 Å². The van der Waals surface area contributed by atoms with Crippen molar-refractivity contribution in [1.82, 2.24) is 0 Å². The van der Waals surface area contributed by atoms with Gasteiger partial charge in [-0.25, -0.2) is 4.79 Å². The van der Waals surface area contributed by atoms with Gasteiger partial charge in [-0.05, 0) is 70.6 Å². The lowest BCUT2D eigenvalue weighted by Gasteiger charge is -2.31. The number of carboxylic acids is 1. The molecule has 0 fully saturated rings. The SMILES string of the molecule is C=CCC(CC)[C@@H](Nc1ccc(C(=O)O)cc1)C(C)/C=C(\N)c1ccc(Br)s1. The quantitative estimate of drug-likeness (QED) is 0.365. The van der Waals surface area contributed by atoms with Crippen molar-refractivity contribution in [3.63, 3.8) is 0 Å². The summed E-state index contributed by atoms with van der Waals surface area (Å²) in [5.74, 6) is -0.372. The number of anilines is 1. The van der Waals surface area contributed by atoms with Crippen LogP contribution >= 0.6 is 27.3 Å². The van der Waals surface area contributed by atoms with Crippen LogP contribution in [0.15, 0.2) is 58.9 Å². The number of halogens is 1. The predicted octanol–water partition coefficient (Wildman–Crippen LogP) is 6.23. The van der Waals surface area contributed by atoms with Gasteiger partial charge < -0.3 is 16.2 Å². The van der Waals surface area contributed by atoms with E-state index in [4.69, 9.17) is 10.8 Å². The van der Waals surface area contributed by atoms with Gasteiger partial charge in [0, 0.05) is 17.4 Å². The fourth-order valence-electron chi connectivity index (χ4n) is 3.30. The van der Waals surface area contributed by atoms with Gasteiger partial charge in [-0.1, -0.05) is 32.4 Å². The number of benzene rings is 1. The van der Waals surface area contributed by atoms with Crippen molar-refractivity contribution in [1.29, 1.82) is 0 Å². The molecule has 150 valence electrons. The van der Waals surface area contributed by atoms with Crippen molar-refractivity contribution in [3.05, 3.63) is 69.4 Å². The standard InChI is InChI=1S/C22H27BrN2O2S/c1-4-6-15(5-2)21(25-17-9-7-16(8-10-17)22(26)27)14(3)13-18(24)19-11-12-20(23)28-19/h4,7-15,21,25H,1,5-6,24H2,2-3H3,(H,26,27)/b18-13-/t14?,15?,21-/m0/s1. The minimum Gasteiger partial charge on any atom is -0.478 e. The summed E-state index contributed by atoms with van der Waals surface area (Å²) in [5.41, 5.74) is 8.29. The molecule has 4 nitrogen and oxygen atoms in total. The van der Waals surface area contributed by atoms with E-state index in [1.165, 1.54) is 0 Å². The van der Waals surface area contributed by atoms with Gasteiger partial charge in [0.05, 0.1) is 14.2 Å². The van der Waals surface area contributed by atoms with Crippen LogP contribution in [0.3, 0.4) is 0 Å². The molecule has 0 saturated carbocycles. The number of hydrogen-bond acceptors (Lipinski definition) is 4. The average Bonchev–Trinajstić information content (AvgIpc) is 3.11. The fraction of sp³-hybridized carbons (Fsp3) is 0.318. The van der Waals surface area contributed by atoms with Gasteiger partial charge >= 0.3 is 5.97 Å². The number of carboxylic acid groups (broad SMARTS) is 1. The highest BCUT2D eigenvalue weighted by atomic mass is 79.9. The van der Waals surface area contributed by atoms with Crippen LogP contribution in [0.4, 0.5) is 5.69 Å². The Morgan fingerprint density at radius 1 is 1.32 bits per heavy atom. The van der Waals surface area contributed by atoms with Crippen LogP contribution in [0.5, 0.6) is 0 Å². The molecule has 6 heteroatoms. The first-order chi connectivity index (χ1) is 13.3. The van der Waals surface area contributed by atoms with E-state index in [9.17, 15) is 4.79 Å². The largest absolute Gasteiger partial charge is 0.478 e. The van der Waals surface area contributed by atoms with Crippen molar-refractivity contribution in [2.75, 3.05) is 5.32 Å². The molecule has 4 N–H and O–H groups in total. The molecular formula is C22H27BrN2O2S. The molecule has 1 aromatic carbocycles. The van der Waals surface area contributed by atoms with E-state index in [1.54, 1.807) is 23.5 Å². The average molecular weight is 463 g/mol. The number of nitrogens with two attached hydrogens (primary N) is 1. The van der Waals surface area contributed by atoms with E-state index in [0.717, 1.165) is 32.9 Å². The number of hydrogen-bond donors (Lipinski definition) is 3. The zero-order valence-electron chi connectivity index (χ0n) is 16.2. The summed E-state index contributed by atoms with van der Waals surface area (Å²) >= 11 is 5.09. The Kier molecular flexibility index (Phi) is 8.33. The van der Waals surface area contributed by atoms with Crippen molar-refractivity contribution in [3.8, 4) is 0 Å². The van der Waals surface area contributed by atoms with Crippen molar-refractivity contribution in [2.24, 2.45) is 17.6 Å². The molecule has 0 aliphatic rings. The Labute approximate surface area is 179 Å². The van der Waals surface area contributed by atoms with E-state index >= 15 is 0 Å². The zero-order chi connectivity index (χ0) is 20.7. The van der Waals surface area contributed by atoms with Crippen LogP contribution in [0, 0.1) is 11.8 Å². The molecule has 0 saturated heterocycles. The minimum atomic E-state index is -0.924. The molecule has 0 aliphatic carbocycles. The molecule has 28 heavy (non-hydrogen) atoms. The maximum absolute atomic E-state index is 11.1. The van der Waals surface area contributed by atoms with Gasteiger partial charge in [0.15, 0.2) is 0 Å². The summed E-state index contributed by atoms with van der Waals surface area (Å²) in [7, 11) is 0. The van der Waals surface area contributed by atoms with E-state index < -0.39 is 5.97 Å². The lowest BCUT2D eigenvalue weighted by molar-refractivity contribution is 0.0697. The normalized spacial score (nSPS) is 14.9. The molecular weight excluding hydrogens is 436 g/mol. The zero-order valence-corrected chi connectivity index (χ0v) is 18.6. The van der Waals surface area contributed by atoms with Crippen molar-refractivity contribution < 1.29 is 9.90 Å². The van der Waals surface area contributed by atoms with Gasteiger partial charge in [0.1, 0.15) is 0 Å². The summed E-state index contributed by atoms with van der Waals surface area (Å²) < 4.78 is 1.05. The van der Waals surface area contributed by atoms with Crippen molar-refractivity contribution >= 4 is 44.6 Å². The third-order valence-corrected chi connectivity index (χ3v) is 6.51. The number of thiophene rings is 1. The number of rotatable bonds is 10.